The first-order valence-electron chi connectivity index (χ1n) is 10.1. The maximum Gasteiger partial charge on any atom is 0.269 e. The van der Waals surface area contributed by atoms with Crippen LogP contribution < -0.4 is 10.3 Å². The first-order chi connectivity index (χ1) is 14.6. The molecule has 0 aromatic heterocycles. The van der Waals surface area contributed by atoms with Crippen molar-refractivity contribution in [3.8, 4) is 11.1 Å². The third-order valence-corrected chi connectivity index (χ3v) is 6.95. The zero-order valence-electron chi connectivity index (χ0n) is 17.7. The maximum atomic E-state index is 14.6. The van der Waals surface area contributed by atoms with Crippen molar-refractivity contribution in [2.75, 3.05) is 13.1 Å². The Hall–Kier alpha value is -2.78. The fourth-order valence-electron chi connectivity index (χ4n) is 3.55. The lowest BCUT2D eigenvalue weighted by Crippen LogP contribution is -2.47. The highest BCUT2D eigenvalue weighted by molar-refractivity contribution is 7.90. The molecule has 0 radical (unpaired) electrons. The number of aryl methyl sites for hydroxylation is 1. The lowest BCUT2D eigenvalue weighted by molar-refractivity contribution is -0.133. The molecule has 0 saturated carbocycles. The van der Waals surface area contributed by atoms with E-state index >= 15 is 0 Å². The van der Waals surface area contributed by atoms with Gasteiger partial charge < -0.3 is 4.90 Å². The Morgan fingerprint density at radius 1 is 1.13 bits per heavy atom. The van der Waals surface area contributed by atoms with Crippen LogP contribution in [0.15, 0.2) is 42.5 Å². The number of hydrogen-bond acceptors (Lipinski definition) is 4. The first kappa shape index (κ1) is 22.9. The molecule has 1 aliphatic heterocycles. The van der Waals surface area contributed by atoms with E-state index in [1.807, 2.05) is 30.3 Å². The Morgan fingerprint density at radius 3 is 2.45 bits per heavy atom. The summed E-state index contributed by atoms with van der Waals surface area (Å²) in [5.41, 5.74) is 3.57. The van der Waals surface area contributed by atoms with E-state index in [2.05, 4.69) is 10.3 Å². The lowest BCUT2D eigenvalue weighted by atomic mass is 9.99. The second-order valence-electron chi connectivity index (χ2n) is 7.97. The highest BCUT2D eigenvalue weighted by atomic mass is 32.2. The Balaban J connectivity index is 1.72. The van der Waals surface area contributed by atoms with Crippen molar-refractivity contribution in [1.82, 2.24) is 15.2 Å². The predicted molar refractivity (Wildman–Crippen MR) is 116 cm³/mol. The van der Waals surface area contributed by atoms with E-state index in [4.69, 9.17) is 0 Å². The van der Waals surface area contributed by atoms with Crippen molar-refractivity contribution >= 4 is 21.8 Å². The largest absolute Gasteiger partial charge is 0.341 e. The third kappa shape index (κ3) is 5.11. The lowest BCUT2D eigenvalue weighted by Gasteiger charge is -2.19. The molecule has 0 bridgehead atoms. The molecule has 0 spiro atoms. The van der Waals surface area contributed by atoms with E-state index in [0.29, 0.717) is 12.1 Å². The number of benzene rings is 2. The molecule has 2 N–H and O–H groups in total. The van der Waals surface area contributed by atoms with E-state index < -0.39 is 27.0 Å². The number of amides is 2. The Bertz CT molecular complexity index is 1090. The Morgan fingerprint density at radius 2 is 1.81 bits per heavy atom. The van der Waals surface area contributed by atoms with E-state index in [9.17, 15) is 22.4 Å². The SMILES string of the molecule is Cc1cc(-c2ccccc2)cc(C(=O)NNS(=O)(=O)C2CCN(C(=O)C(C)C)C2)c1F. The minimum atomic E-state index is -3.94. The molecule has 1 unspecified atom stereocenters. The van der Waals surface area contributed by atoms with E-state index in [1.54, 1.807) is 26.8 Å². The predicted octanol–water partition coefficient (Wildman–Crippen LogP) is 2.62. The van der Waals surface area contributed by atoms with Crippen LogP contribution in [0, 0.1) is 18.7 Å². The smallest absolute Gasteiger partial charge is 0.269 e. The summed E-state index contributed by atoms with van der Waals surface area (Å²) in [6.07, 6.45) is 0.265. The first-order valence-corrected chi connectivity index (χ1v) is 11.6. The molecule has 3 rings (SSSR count). The number of halogens is 1. The standard InChI is InChI=1S/C22H26FN3O4S/c1-14(2)22(28)26-10-9-18(13-26)31(29,30)25-24-21(27)19-12-17(11-15(3)20(19)23)16-7-5-4-6-8-16/h4-8,11-12,14,18,25H,9-10,13H2,1-3H3,(H,24,27). The maximum absolute atomic E-state index is 14.6. The molecule has 1 saturated heterocycles. The van der Waals surface area contributed by atoms with Crippen molar-refractivity contribution in [3.05, 3.63) is 59.4 Å². The average Bonchev–Trinajstić information content (AvgIpc) is 3.25. The highest BCUT2D eigenvalue weighted by Gasteiger charge is 2.36. The van der Waals surface area contributed by atoms with Crippen molar-refractivity contribution in [2.45, 2.75) is 32.4 Å². The normalized spacial score (nSPS) is 16.5. The number of nitrogens with one attached hydrogen (secondary N) is 2. The van der Waals surface area contributed by atoms with Crippen LogP contribution in [0.4, 0.5) is 4.39 Å². The molecule has 166 valence electrons. The van der Waals surface area contributed by atoms with Gasteiger partial charge in [-0.1, -0.05) is 44.2 Å². The van der Waals surface area contributed by atoms with Gasteiger partial charge in [0, 0.05) is 19.0 Å². The van der Waals surface area contributed by atoms with Gasteiger partial charge in [-0.25, -0.2) is 12.8 Å². The summed E-state index contributed by atoms with van der Waals surface area (Å²) in [6, 6.07) is 12.2. The van der Waals surface area contributed by atoms with Crippen molar-refractivity contribution in [1.29, 1.82) is 0 Å². The molecule has 1 fully saturated rings. The van der Waals surface area contributed by atoms with Crippen molar-refractivity contribution in [2.24, 2.45) is 5.92 Å². The fourth-order valence-corrected chi connectivity index (χ4v) is 4.74. The number of likely N-dealkylation sites (tertiary alicyclic amines) is 1. The van der Waals surface area contributed by atoms with Crippen molar-refractivity contribution in [3.63, 3.8) is 0 Å². The van der Waals surface area contributed by atoms with Crippen LogP contribution in [0.25, 0.3) is 11.1 Å². The average molecular weight is 448 g/mol. The second-order valence-corrected chi connectivity index (χ2v) is 9.93. The van der Waals surface area contributed by atoms with Gasteiger partial charge in [0.2, 0.25) is 15.9 Å². The summed E-state index contributed by atoms with van der Waals surface area (Å²) < 4.78 is 39.8. The molecule has 2 aromatic carbocycles. The fraction of sp³-hybridized carbons (Fsp3) is 0.364. The summed E-state index contributed by atoms with van der Waals surface area (Å²) in [7, 11) is -3.94. The Kier molecular flexibility index (Phi) is 6.76. The van der Waals surface area contributed by atoms with Gasteiger partial charge in [0.05, 0.1) is 10.8 Å². The number of carbonyl (C=O) groups is 2. The molecule has 0 aliphatic carbocycles. The molecular weight excluding hydrogens is 421 g/mol. The number of carbonyl (C=O) groups excluding carboxylic acids is 2. The molecule has 2 aromatic rings. The van der Waals surface area contributed by atoms with Crippen molar-refractivity contribution < 1.29 is 22.4 Å². The van der Waals surface area contributed by atoms with Gasteiger partial charge in [-0.2, -0.15) is 0 Å². The summed E-state index contributed by atoms with van der Waals surface area (Å²) in [4.78, 5) is 28.2. The van der Waals surface area contributed by atoms with E-state index in [0.717, 1.165) is 5.56 Å². The minimum Gasteiger partial charge on any atom is -0.341 e. The minimum absolute atomic E-state index is 0.0547. The van der Waals surface area contributed by atoms with Gasteiger partial charge in [-0.05, 0) is 42.2 Å². The van der Waals surface area contributed by atoms with Crippen LogP contribution in [0.1, 0.15) is 36.2 Å². The third-order valence-electron chi connectivity index (χ3n) is 5.30. The number of hydrogen-bond donors (Lipinski definition) is 2. The van der Waals surface area contributed by atoms with E-state index in [1.165, 1.54) is 11.0 Å². The van der Waals surface area contributed by atoms with Gasteiger partial charge in [0.15, 0.2) is 0 Å². The van der Waals surface area contributed by atoms with Crippen LogP contribution in [0.5, 0.6) is 0 Å². The number of hydrazine groups is 1. The Labute approximate surface area is 181 Å². The topological polar surface area (TPSA) is 95.6 Å². The number of rotatable bonds is 6. The van der Waals surface area contributed by atoms with Crippen LogP contribution in [0.3, 0.4) is 0 Å². The van der Waals surface area contributed by atoms with Crippen LogP contribution >= 0.6 is 0 Å². The van der Waals surface area contributed by atoms with Crippen LogP contribution in [0.2, 0.25) is 0 Å². The van der Waals surface area contributed by atoms with Gasteiger partial charge in [-0.3, -0.25) is 15.0 Å². The summed E-state index contributed by atoms with van der Waals surface area (Å²) in [6.45, 7) is 5.44. The monoisotopic (exact) mass is 447 g/mol. The highest BCUT2D eigenvalue weighted by Crippen LogP contribution is 2.25. The molecule has 9 heteroatoms. The molecular formula is C22H26FN3O4S. The van der Waals surface area contributed by atoms with Gasteiger partial charge in [-0.15, -0.1) is 4.83 Å². The zero-order chi connectivity index (χ0) is 22.8. The van der Waals surface area contributed by atoms with E-state index in [-0.39, 0.29) is 35.9 Å². The van der Waals surface area contributed by atoms with Gasteiger partial charge >= 0.3 is 0 Å². The molecule has 1 heterocycles. The molecule has 1 aliphatic rings. The van der Waals surface area contributed by atoms with Gasteiger partial charge in [0.25, 0.3) is 5.91 Å². The number of nitrogens with zero attached hydrogens (tertiary/aromatic N) is 1. The number of sulfonamides is 1. The van der Waals surface area contributed by atoms with Crippen LogP contribution in [-0.4, -0.2) is 43.5 Å². The second kappa shape index (κ2) is 9.15. The molecule has 7 nitrogen and oxygen atoms in total. The molecule has 31 heavy (non-hydrogen) atoms. The quantitative estimate of drug-likeness (QED) is 0.666. The molecule has 1 atom stereocenters. The summed E-state index contributed by atoms with van der Waals surface area (Å²) in [5.74, 6) is -1.95. The molecule has 2 amide bonds. The summed E-state index contributed by atoms with van der Waals surface area (Å²) in [5, 5.41) is -0.849. The van der Waals surface area contributed by atoms with Gasteiger partial charge in [0.1, 0.15) is 5.82 Å². The zero-order valence-corrected chi connectivity index (χ0v) is 18.5. The van der Waals surface area contributed by atoms with Crippen LogP contribution in [-0.2, 0) is 14.8 Å². The summed E-state index contributed by atoms with van der Waals surface area (Å²) >= 11 is 0.